The van der Waals surface area contributed by atoms with Gasteiger partial charge in [-0.15, -0.1) is 0 Å². The van der Waals surface area contributed by atoms with E-state index in [9.17, 15) is 4.79 Å². The average molecular weight is 359 g/mol. The summed E-state index contributed by atoms with van der Waals surface area (Å²) in [4.78, 5) is 25.4. The topological polar surface area (TPSA) is 61.4 Å². The summed E-state index contributed by atoms with van der Waals surface area (Å²) in [5.74, 6) is 0.305. The van der Waals surface area contributed by atoms with Crippen molar-refractivity contribution >= 4 is 28.9 Å². The Morgan fingerprint density at radius 2 is 1.85 bits per heavy atom. The molecule has 0 unspecified atom stereocenters. The first-order chi connectivity index (χ1) is 13.1. The van der Waals surface area contributed by atoms with Crippen LogP contribution in [0.2, 0.25) is 0 Å². The first-order valence-electron chi connectivity index (χ1n) is 8.89. The minimum atomic E-state index is -0.103. The van der Waals surface area contributed by atoms with Gasteiger partial charge >= 0.3 is 0 Å². The van der Waals surface area contributed by atoms with Crippen LogP contribution in [0.25, 0.3) is 0 Å². The van der Waals surface area contributed by atoms with Crippen LogP contribution in [-0.4, -0.2) is 36.5 Å². The maximum absolute atomic E-state index is 12.9. The van der Waals surface area contributed by atoms with E-state index in [1.165, 1.54) is 5.56 Å². The number of carbonyl (C=O) groups excluding carboxylic acids is 1. The van der Waals surface area contributed by atoms with Crippen LogP contribution in [0.15, 0.2) is 60.8 Å². The van der Waals surface area contributed by atoms with Crippen molar-refractivity contribution in [3.63, 3.8) is 0 Å². The summed E-state index contributed by atoms with van der Waals surface area (Å²) in [6, 6.07) is 17.6. The molecule has 2 heterocycles. The maximum atomic E-state index is 12.9. The third-order valence-electron chi connectivity index (χ3n) is 4.65. The van der Waals surface area contributed by atoms with Crippen molar-refractivity contribution in [1.29, 1.82) is 0 Å². The summed E-state index contributed by atoms with van der Waals surface area (Å²) >= 11 is 0. The maximum Gasteiger partial charge on any atom is 0.277 e. The minimum absolute atomic E-state index is 0.103. The second kappa shape index (κ2) is 7.07. The van der Waals surface area contributed by atoms with Gasteiger partial charge in [-0.3, -0.25) is 4.79 Å². The molecule has 0 fully saturated rings. The Morgan fingerprint density at radius 3 is 2.63 bits per heavy atom. The summed E-state index contributed by atoms with van der Waals surface area (Å²) in [5, 5.41) is 3.16. The SMILES string of the molecule is CN(C)c1ccc(Nc2nccc(C(=O)N3CCc4ccccc43)n2)cc1. The lowest BCUT2D eigenvalue weighted by molar-refractivity contribution is 0.0984. The second-order valence-electron chi connectivity index (χ2n) is 6.67. The molecule has 0 atom stereocenters. The van der Waals surface area contributed by atoms with Gasteiger partial charge in [-0.1, -0.05) is 18.2 Å². The summed E-state index contributed by atoms with van der Waals surface area (Å²) in [6.45, 7) is 0.678. The highest BCUT2D eigenvalue weighted by Crippen LogP contribution is 2.28. The molecule has 1 aliphatic rings. The van der Waals surface area contributed by atoms with Crippen molar-refractivity contribution in [2.45, 2.75) is 6.42 Å². The Balaban J connectivity index is 1.53. The van der Waals surface area contributed by atoms with E-state index in [1.54, 1.807) is 17.2 Å². The van der Waals surface area contributed by atoms with Crippen molar-refractivity contribution in [2.24, 2.45) is 0 Å². The molecule has 3 aromatic rings. The van der Waals surface area contributed by atoms with Gasteiger partial charge in [-0.05, 0) is 48.4 Å². The van der Waals surface area contributed by atoms with Crippen LogP contribution < -0.4 is 15.1 Å². The van der Waals surface area contributed by atoms with Gasteiger partial charge in [0.15, 0.2) is 0 Å². The normalized spacial score (nSPS) is 12.6. The van der Waals surface area contributed by atoms with Crippen LogP contribution in [0, 0.1) is 0 Å². The molecule has 1 N–H and O–H groups in total. The molecule has 0 saturated carbocycles. The standard InChI is InChI=1S/C21H21N5O/c1-25(2)17-9-7-16(8-10-17)23-21-22-13-11-18(24-21)20(27)26-14-12-15-5-3-4-6-19(15)26/h3-11,13H,12,14H2,1-2H3,(H,22,23,24). The number of nitrogens with one attached hydrogen (secondary N) is 1. The van der Waals surface area contributed by atoms with E-state index < -0.39 is 0 Å². The highest BCUT2D eigenvalue weighted by atomic mass is 16.2. The van der Waals surface area contributed by atoms with Crippen LogP contribution in [0.3, 0.4) is 0 Å². The molecule has 2 aromatic carbocycles. The molecule has 0 radical (unpaired) electrons. The lowest BCUT2D eigenvalue weighted by Gasteiger charge is -2.17. The Hall–Kier alpha value is -3.41. The number of aromatic nitrogens is 2. The van der Waals surface area contributed by atoms with Gasteiger partial charge in [-0.25, -0.2) is 9.97 Å². The lowest BCUT2D eigenvalue weighted by Crippen LogP contribution is -2.29. The zero-order valence-electron chi connectivity index (χ0n) is 15.4. The van der Waals surface area contributed by atoms with Crippen LogP contribution in [0.4, 0.5) is 23.0 Å². The minimum Gasteiger partial charge on any atom is -0.378 e. The number of para-hydroxylation sites is 1. The Labute approximate surface area is 158 Å². The number of fused-ring (bicyclic) bond motifs is 1. The molecule has 136 valence electrons. The van der Waals surface area contributed by atoms with Gasteiger partial charge in [0.05, 0.1) is 0 Å². The van der Waals surface area contributed by atoms with Gasteiger partial charge in [0.1, 0.15) is 5.69 Å². The Bertz CT molecular complexity index is 968. The van der Waals surface area contributed by atoms with E-state index >= 15 is 0 Å². The fraction of sp³-hybridized carbons (Fsp3) is 0.190. The molecule has 4 rings (SSSR count). The number of anilines is 4. The highest BCUT2D eigenvalue weighted by molar-refractivity contribution is 6.06. The predicted octanol–water partition coefficient (Wildman–Crippen LogP) is 3.49. The zero-order chi connectivity index (χ0) is 18.8. The summed E-state index contributed by atoms with van der Waals surface area (Å²) in [7, 11) is 3.99. The predicted molar refractivity (Wildman–Crippen MR) is 108 cm³/mol. The molecule has 0 spiro atoms. The number of rotatable bonds is 4. The van der Waals surface area contributed by atoms with E-state index in [0.717, 1.165) is 23.5 Å². The number of benzene rings is 2. The molecular formula is C21H21N5O. The van der Waals surface area contributed by atoms with Crippen LogP contribution >= 0.6 is 0 Å². The van der Waals surface area contributed by atoms with Crippen LogP contribution in [0.1, 0.15) is 16.1 Å². The summed E-state index contributed by atoms with van der Waals surface area (Å²) < 4.78 is 0. The average Bonchev–Trinajstić information content (AvgIpc) is 3.12. The fourth-order valence-corrected chi connectivity index (χ4v) is 3.20. The van der Waals surface area contributed by atoms with E-state index in [1.807, 2.05) is 61.5 Å². The van der Waals surface area contributed by atoms with Gasteiger partial charge < -0.3 is 15.1 Å². The molecule has 1 aliphatic heterocycles. The molecule has 0 saturated heterocycles. The Morgan fingerprint density at radius 1 is 1.07 bits per heavy atom. The van der Waals surface area contributed by atoms with Crippen LogP contribution in [0.5, 0.6) is 0 Å². The molecule has 6 nitrogen and oxygen atoms in total. The zero-order valence-corrected chi connectivity index (χ0v) is 15.4. The number of hydrogen-bond donors (Lipinski definition) is 1. The number of nitrogens with zero attached hydrogens (tertiary/aromatic N) is 4. The third kappa shape index (κ3) is 3.46. The van der Waals surface area contributed by atoms with Crippen molar-refractivity contribution in [3.05, 3.63) is 72.1 Å². The Kier molecular flexibility index (Phi) is 4.46. The van der Waals surface area contributed by atoms with Crippen molar-refractivity contribution in [2.75, 3.05) is 35.8 Å². The smallest absolute Gasteiger partial charge is 0.277 e. The largest absolute Gasteiger partial charge is 0.378 e. The number of hydrogen-bond acceptors (Lipinski definition) is 5. The summed E-state index contributed by atoms with van der Waals surface area (Å²) in [6.07, 6.45) is 2.48. The highest BCUT2D eigenvalue weighted by Gasteiger charge is 2.26. The van der Waals surface area contributed by atoms with Crippen molar-refractivity contribution < 1.29 is 4.79 Å². The first kappa shape index (κ1) is 17.0. The first-order valence-corrected chi connectivity index (χ1v) is 8.89. The van der Waals surface area contributed by atoms with Gasteiger partial charge in [0.25, 0.3) is 5.91 Å². The summed E-state index contributed by atoms with van der Waals surface area (Å²) in [5.41, 5.74) is 4.53. The molecule has 0 aliphatic carbocycles. The molecule has 1 aromatic heterocycles. The molecule has 0 bridgehead atoms. The number of amides is 1. The van der Waals surface area contributed by atoms with Crippen LogP contribution in [-0.2, 0) is 6.42 Å². The van der Waals surface area contributed by atoms with Gasteiger partial charge in [-0.2, -0.15) is 0 Å². The fourth-order valence-electron chi connectivity index (χ4n) is 3.20. The van der Waals surface area contributed by atoms with Gasteiger partial charge in [0, 0.05) is 43.9 Å². The van der Waals surface area contributed by atoms with E-state index in [4.69, 9.17) is 0 Å². The number of carbonyl (C=O) groups is 1. The quantitative estimate of drug-likeness (QED) is 0.773. The monoisotopic (exact) mass is 359 g/mol. The van der Waals surface area contributed by atoms with Gasteiger partial charge in [0.2, 0.25) is 5.95 Å². The van der Waals surface area contributed by atoms with E-state index in [0.29, 0.717) is 18.2 Å². The molecular weight excluding hydrogens is 338 g/mol. The van der Waals surface area contributed by atoms with E-state index in [-0.39, 0.29) is 5.91 Å². The molecule has 27 heavy (non-hydrogen) atoms. The third-order valence-corrected chi connectivity index (χ3v) is 4.65. The lowest BCUT2D eigenvalue weighted by atomic mass is 10.2. The molecule has 6 heteroatoms. The second-order valence-corrected chi connectivity index (χ2v) is 6.67. The van der Waals surface area contributed by atoms with E-state index in [2.05, 4.69) is 21.4 Å². The van der Waals surface area contributed by atoms with Crippen molar-refractivity contribution in [1.82, 2.24) is 9.97 Å². The van der Waals surface area contributed by atoms with Crippen molar-refractivity contribution in [3.8, 4) is 0 Å². The molecule has 1 amide bonds.